The molecule has 0 amide bonds. The average Bonchev–Trinajstić information content (AvgIpc) is 2.86. The van der Waals surface area contributed by atoms with E-state index in [1.54, 1.807) is 12.4 Å². The maximum atomic E-state index is 14.0. The summed E-state index contributed by atoms with van der Waals surface area (Å²) in [4.78, 5) is 24.4. The summed E-state index contributed by atoms with van der Waals surface area (Å²) < 4.78 is 33.0. The van der Waals surface area contributed by atoms with Crippen molar-refractivity contribution >= 4 is 29.2 Å². The number of anilines is 3. The van der Waals surface area contributed by atoms with Crippen molar-refractivity contribution in [2.24, 2.45) is 0 Å². The molecule has 0 saturated carbocycles. The molecule has 8 nitrogen and oxygen atoms in total. The molecule has 2 aromatic heterocycles. The number of aromatic nitrogens is 4. The van der Waals surface area contributed by atoms with E-state index in [4.69, 9.17) is 21.3 Å². The summed E-state index contributed by atoms with van der Waals surface area (Å²) in [5.41, 5.74) is 1.03. The van der Waals surface area contributed by atoms with E-state index >= 15 is 0 Å². The zero-order valence-electron chi connectivity index (χ0n) is 18.7. The lowest BCUT2D eigenvalue weighted by Crippen LogP contribution is -2.53. The second-order valence-corrected chi connectivity index (χ2v) is 8.66. The van der Waals surface area contributed by atoms with Crippen LogP contribution in [0.2, 0.25) is 5.15 Å². The summed E-state index contributed by atoms with van der Waals surface area (Å²) in [7, 11) is 0. The summed E-state index contributed by atoms with van der Waals surface area (Å²) in [6.07, 6.45) is 3.20. The summed E-state index contributed by atoms with van der Waals surface area (Å²) in [6, 6.07) is 5.73. The molecule has 3 aromatic rings. The van der Waals surface area contributed by atoms with Gasteiger partial charge in [0.2, 0.25) is 5.95 Å². The zero-order chi connectivity index (χ0) is 23.7. The first-order valence-corrected chi connectivity index (χ1v) is 11.5. The maximum absolute atomic E-state index is 14.0. The van der Waals surface area contributed by atoms with Gasteiger partial charge in [-0.1, -0.05) is 11.6 Å². The van der Waals surface area contributed by atoms with Crippen LogP contribution in [0.5, 0.6) is 0 Å². The Kier molecular flexibility index (Phi) is 6.42. The molecular weight excluding hydrogens is 464 g/mol. The number of benzene rings is 1. The molecule has 11 heteroatoms. The molecule has 0 N–H and O–H groups in total. The lowest BCUT2D eigenvalue weighted by Gasteiger charge is -2.41. The number of morpholine rings is 1. The van der Waals surface area contributed by atoms with E-state index in [1.165, 1.54) is 12.1 Å². The maximum Gasteiger partial charge on any atom is 0.228 e. The lowest BCUT2D eigenvalue weighted by atomic mass is 10.1. The molecule has 0 unspecified atom stereocenters. The van der Waals surface area contributed by atoms with Crippen molar-refractivity contribution in [3.05, 3.63) is 53.4 Å². The molecule has 1 aromatic carbocycles. The minimum Gasteiger partial charge on any atom is -0.378 e. The Morgan fingerprint density at radius 2 is 1.74 bits per heavy atom. The Balaban J connectivity index is 1.47. The van der Waals surface area contributed by atoms with E-state index in [1.807, 2.05) is 6.07 Å². The molecule has 178 valence electrons. The van der Waals surface area contributed by atoms with Crippen molar-refractivity contribution in [1.82, 2.24) is 19.9 Å². The molecule has 0 spiro atoms. The van der Waals surface area contributed by atoms with Crippen LogP contribution < -0.4 is 14.7 Å². The minimum absolute atomic E-state index is 0.0806. The number of piperazine rings is 1. The van der Waals surface area contributed by atoms with Crippen molar-refractivity contribution in [3.63, 3.8) is 0 Å². The quantitative estimate of drug-likeness (QED) is 0.554. The van der Waals surface area contributed by atoms with Crippen molar-refractivity contribution in [3.8, 4) is 11.3 Å². The van der Waals surface area contributed by atoms with Gasteiger partial charge in [-0.15, -0.1) is 0 Å². The normalized spacial score (nSPS) is 18.9. The van der Waals surface area contributed by atoms with E-state index in [0.29, 0.717) is 74.1 Å². The molecule has 34 heavy (non-hydrogen) atoms. The van der Waals surface area contributed by atoms with Gasteiger partial charge < -0.3 is 19.4 Å². The van der Waals surface area contributed by atoms with Crippen LogP contribution in [0.4, 0.5) is 26.4 Å². The second-order valence-electron chi connectivity index (χ2n) is 8.30. The monoisotopic (exact) mass is 487 g/mol. The van der Waals surface area contributed by atoms with Crippen LogP contribution in [0.3, 0.4) is 0 Å². The SMILES string of the molecule is C[C@@H]1CN(c2nccnc2Cl)CCN1c1cc(-c2ccc(F)c(F)c2)nc(N2CCOCC2)n1. The number of nitrogens with zero attached hydrogens (tertiary/aromatic N) is 7. The zero-order valence-corrected chi connectivity index (χ0v) is 19.4. The highest BCUT2D eigenvalue weighted by Gasteiger charge is 2.28. The van der Waals surface area contributed by atoms with Crippen LogP contribution in [0, 0.1) is 11.6 Å². The fourth-order valence-electron chi connectivity index (χ4n) is 4.29. The van der Waals surface area contributed by atoms with Gasteiger partial charge in [-0.25, -0.2) is 23.7 Å². The Morgan fingerprint density at radius 1 is 0.941 bits per heavy atom. The van der Waals surface area contributed by atoms with Crippen LogP contribution in [-0.2, 0) is 4.74 Å². The highest BCUT2D eigenvalue weighted by atomic mass is 35.5. The number of halogens is 3. The molecule has 2 aliphatic rings. The topological polar surface area (TPSA) is 70.5 Å². The summed E-state index contributed by atoms with van der Waals surface area (Å²) in [6.45, 7) is 6.62. The van der Waals surface area contributed by atoms with Gasteiger partial charge in [0, 0.05) is 62.8 Å². The van der Waals surface area contributed by atoms with Crippen LogP contribution in [-0.4, -0.2) is 71.9 Å². The first-order chi connectivity index (χ1) is 16.5. The molecule has 0 radical (unpaired) electrons. The standard InChI is InChI=1S/C23H24ClF2N7O/c1-15-14-32(22-21(24)27-4-5-28-22)6-7-33(15)20-13-19(16-2-3-17(25)18(26)12-16)29-23(30-20)31-8-10-34-11-9-31/h2-5,12-13,15H,6-11,14H2,1H3/t15-/m1/s1. The molecule has 2 saturated heterocycles. The fourth-order valence-corrected chi connectivity index (χ4v) is 4.52. The van der Waals surface area contributed by atoms with Gasteiger partial charge in [0.25, 0.3) is 0 Å². The van der Waals surface area contributed by atoms with E-state index in [-0.39, 0.29) is 6.04 Å². The van der Waals surface area contributed by atoms with Gasteiger partial charge in [-0.2, -0.15) is 4.98 Å². The van der Waals surface area contributed by atoms with Crippen LogP contribution in [0.15, 0.2) is 36.7 Å². The third-order valence-electron chi connectivity index (χ3n) is 6.07. The van der Waals surface area contributed by atoms with Gasteiger partial charge in [0.15, 0.2) is 22.6 Å². The molecule has 1 atom stereocenters. The molecule has 0 aliphatic carbocycles. The van der Waals surface area contributed by atoms with E-state index in [0.717, 1.165) is 11.9 Å². The van der Waals surface area contributed by atoms with Crippen molar-refractivity contribution in [2.45, 2.75) is 13.0 Å². The van der Waals surface area contributed by atoms with Gasteiger partial charge in [-0.3, -0.25) is 0 Å². The number of hydrogen-bond donors (Lipinski definition) is 0. The van der Waals surface area contributed by atoms with Crippen LogP contribution in [0.25, 0.3) is 11.3 Å². The van der Waals surface area contributed by atoms with Gasteiger partial charge >= 0.3 is 0 Å². The molecule has 2 fully saturated rings. The van der Waals surface area contributed by atoms with Gasteiger partial charge in [0.1, 0.15) is 5.82 Å². The molecule has 0 bridgehead atoms. The Bertz CT molecular complexity index is 1180. The first kappa shape index (κ1) is 22.7. The fraction of sp³-hybridized carbons (Fsp3) is 0.391. The molecule has 4 heterocycles. The third-order valence-corrected chi connectivity index (χ3v) is 6.33. The summed E-state index contributed by atoms with van der Waals surface area (Å²) in [5.74, 6) is 0.142. The molecular formula is C23H24ClF2N7O. The average molecular weight is 488 g/mol. The van der Waals surface area contributed by atoms with Crippen molar-refractivity contribution in [2.75, 3.05) is 60.6 Å². The number of ether oxygens (including phenoxy) is 1. The first-order valence-electron chi connectivity index (χ1n) is 11.1. The van der Waals surface area contributed by atoms with Crippen LogP contribution >= 0.6 is 11.6 Å². The highest BCUT2D eigenvalue weighted by Crippen LogP contribution is 2.30. The largest absolute Gasteiger partial charge is 0.378 e. The highest BCUT2D eigenvalue weighted by molar-refractivity contribution is 6.31. The van der Waals surface area contributed by atoms with E-state index in [2.05, 4.69) is 36.6 Å². The smallest absolute Gasteiger partial charge is 0.228 e. The van der Waals surface area contributed by atoms with Crippen molar-refractivity contribution < 1.29 is 13.5 Å². The minimum atomic E-state index is -0.909. The Morgan fingerprint density at radius 3 is 2.47 bits per heavy atom. The number of hydrogen-bond acceptors (Lipinski definition) is 8. The Hall–Kier alpha value is -3.11. The van der Waals surface area contributed by atoms with Gasteiger partial charge in [-0.05, 0) is 25.1 Å². The molecule has 5 rings (SSSR count). The van der Waals surface area contributed by atoms with Crippen LogP contribution in [0.1, 0.15) is 6.92 Å². The predicted molar refractivity (Wildman–Crippen MR) is 126 cm³/mol. The van der Waals surface area contributed by atoms with Gasteiger partial charge in [0.05, 0.1) is 18.9 Å². The second kappa shape index (κ2) is 9.63. The number of rotatable bonds is 4. The summed E-state index contributed by atoms with van der Waals surface area (Å²) in [5, 5.41) is 0.375. The van der Waals surface area contributed by atoms with Crippen molar-refractivity contribution in [1.29, 1.82) is 0 Å². The Labute approximate surface area is 201 Å². The van der Waals surface area contributed by atoms with E-state index in [9.17, 15) is 8.78 Å². The predicted octanol–water partition coefficient (Wildman–Crippen LogP) is 3.42. The van der Waals surface area contributed by atoms with E-state index < -0.39 is 11.6 Å². The lowest BCUT2D eigenvalue weighted by molar-refractivity contribution is 0.122. The summed E-state index contributed by atoms with van der Waals surface area (Å²) >= 11 is 6.26. The third kappa shape index (κ3) is 4.60. The molecule has 2 aliphatic heterocycles.